The maximum Gasteiger partial charge on any atom is 0.251 e. The second-order valence-electron chi connectivity index (χ2n) is 7.20. The number of nitrogens with one attached hydrogen (secondary N) is 2. The molecule has 1 aromatic carbocycles. The fourth-order valence-corrected chi connectivity index (χ4v) is 3.87. The maximum absolute atomic E-state index is 12.1. The van der Waals surface area contributed by atoms with Crippen molar-refractivity contribution in [2.24, 2.45) is 0 Å². The van der Waals surface area contributed by atoms with Crippen LogP contribution in [0.1, 0.15) is 53.3 Å². The Bertz CT molecular complexity index is 973. The van der Waals surface area contributed by atoms with Gasteiger partial charge in [-0.3, -0.25) is 9.69 Å². The van der Waals surface area contributed by atoms with Gasteiger partial charge in [0.2, 0.25) is 0 Å². The van der Waals surface area contributed by atoms with E-state index in [1.54, 1.807) is 12.4 Å². The number of imidazole rings is 1. The predicted molar refractivity (Wildman–Crippen MR) is 97.8 cm³/mol. The van der Waals surface area contributed by atoms with Gasteiger partial charge in [0.05, 0.1) is 23.8 Å². The van der Waals surface area contributed by atoms with E-state index in [0.29, 0.717) is 12.5 Å². The summed E-state index contributed by atoms with van der Waals surface area (Å²) in [6, 6.07) is 12.1. The number of fused-ring (bicyclic) bond motifs is 1. The van der Waals surface area contributed by atoms with Gasteiger partial charge in [-0.1, -0.05) is 30.3 Å². The lowest BCUT2D eigenvalue weighted by molar-refractivity contribution is 0.197. The van der Waals surface area contributed by atoms with E-state index in [1.165, 1.54) is 11.3 Å². The van der Waals surface area contributed by atoms with Crippen molar-refractivity contribution in [1.29, 1.82) is 0 Å². The molecule has 6 heteroatoms. The molecule has 3 heterocycles. The van der Waals surface area contributed by atoms with Crippen molar-refractivity contribution in [2.75, 3.05) is 6.54 Å². The molecule has 6 nitrogen and oxygen atoms in total. The standard InChI is InChI=1S/C20H21N5O/c26-17-10-15(23-20(24-17)14-6-7-14)11-25-9-8-16-18(22-12-21-16)19(25)13-4-2-1-3-5-13/h1-5,10,12,14,19H,6-9,11H2,(H,21,22)(H,23,24,26). The molecule has 2 aromatic heterocycles. The van der Waals surface area contributed by atoms with Crippen LogP contribution in [0.25, 0.3) is 0 Å². The molecule has 1 unspecified atom stereocenters. The number of aromatic nitrogens is 4. The molecule has 1 aliphatic carbocycles. The Balaban J connectivity index is 1.50. The Morgan fingerprint density at radius 3 is 2.85 bits per heavy atom. The average Bonchev–Trinajstić information content (AvgIpc) is 3.40. The summed E-state index contributed by atoms with van der Waals surface area (Å²) in [6.07, 6.45) is 4.96. The zero-order valence-electron chi connectivity index (χ0n) is 14.5. The van der Waals surface area contributed by atoms with E-state index >= 15 is 0 Å². The minimum Gasteiger partial charge on any atom is -0.348 e. The zero-order valence-corrected chi connectivity index (χ0v) is 14.5. The zero-order chi connectivity index (χ0) is 17.5. The minimum atomic E-state index is -0.0503. The molecule has 5 rings (SSSR count). The van der Waals surface area contributed by atoms with E-state index < -0.39 is 0 Å². The Kier molecular flexibility index (Phi) is 3.71. The molecule has 0 radical (unpaired) electrons. The van der Waals surface area contributed by atoms with Crippen LogP contribution in [0, 0.1) is 0 Å². The van der Waals surface area contributed by atoms with Gasteiger partial charge in [-0.2, -0.15) is 0 Å². The Morgan fingerprint density at radius 1 is 1.19 bits per heavy atom. The van der Waals surface area contributed by atoms with Crippen LogP contribution in [0.3, 0.4) is 0 Å². The molecule has 1 atom stereocenters. The maximum atomic E-state index is 12.1. The highest BCUT2D eigenvalue weighted by molar-refractivity contribution is 5.32. The Morgan fingerprint density at radius 2 is 2.04 bits per heavy atom. The lowest BCUT2D eigenvalue weighted by Gasteiger charge is -2.35. The van der Waals surface area contributed by atoms with Gasteiger partial charge in [0.25, 0.3) is 5.56 Å². The Hall–Kier alpha value is -2.73. The summed E-state index contributed by atoms with van der Waals surface area (Å²) in [7, 11) is 0. The number of aromatic amines is 2. The summed E-state index contributed by atoms with van der Waals surface area (Å²) in [5.74, 6) is 1.29. The number of rotatable bonds is 4. The minimum absolute atomic E-state index is 0.0503. The smallest absolute Gasteiger partial charge is 0.251 e. The predicted octanol–water partition coefficient (Wildman–Crippen LogP) is 2.52. The second kappa shape index (κ2) is 6.21. The molecule has 0 amide bonds. The van der Waals surface area contributed by atoms with Gasteiger partial charge < -0.3 is 9.97 Å². The number of hydrogen-bond donors (Lipinski definition) is 2. The molecular weight excluding hydrogens is 326 g/mol. The number of nitrogens with zero attached hydrogens (tertiary/aromatic N) is 3. The monoisotopic (exact) mass is 347 g/mol. The van der Waals surface area contributed by atoms with Crippen LogP contribution in [-0.2, 0) is 13.0 Å². The Labute approximate surface area is 151 Å². The third-order valence-corrected chi connectivity index (χ3v) is 5.28. The number of H-pyrrole nitrogens is 2. The molecule has 2 N–H and O–H groups in total. The summed E-state index contributed by atoms with van der Waals surface area (Å²) in [4.78, 5) is 29.9. The molecule has 1 saturated carbocycles. The summed E-state index contributed by atoms with van der Waals surface area (Å²) < 4.78 is 0. The van der Waals surface area contributed by atoms with E-state index in [0.717, 1.165) is 43.0 Å². The number of hydrogen-bond acceptors (Lipinski definition) is 4. The van der Waals surface area contributed by atoms with Gasteiger partial charge in [-0.15, -0.1) is 0 Å². The molecule has 2 aliphatic rings. The molecule has 132 valence electrons. The fourth-order valence-electron chi connectivity index (χ4n) is 3.87. The molecule has 0 spiro atoms. The van der Waals surface area contributed by atoms with E-state index in [9.17, 15) is 4.79 Å². The van der Waals surface area contributed by atoms with Crippen LogP contribution in [0.2, 0.25) is 0 Å². The highest BCUT2D eigenvalue weighted by Crippen LogP contribution is 2.38. The van der Waals surface area contributed by atoms with Crippen LogP contribution in [0.4, 0.5) is 0 Å². The van der Waals surface area contributed by atoms with Crippen molar-refractivity contribution in [3.05, 3.63) is 81.5 Å². The summed E-state index contributed by atoms with van der Waals surface area (Å²) in [6.45, 7) is 1.55. The topological polar surface area (TPSA) is 77.7 Å². The summed E-state index contributed by atoms with van der Waals surface area (Å²) in [5.41, 5.74) is 4.29. The molecule has 1 fully saturated rings. The first-order valence-corrected chi connectivity index (χ1v) is 9.19. The van der Waals surface area contributed by atoms with Crippen LogP contribution in [0.5, 0.6) is 0 Å². The van der Waals surface area contributed by atoms with Crippen LogP contribution in [0.15, 0.2) is 47.5 Å². The SMILES string of the molecule is O=c1cc(CN2CCc3[nH]cnc3C2c2ccccc2)nc(C2CC2)[nH]1. The highest BCUT2D eigenvalue weighted by atomic mass is 16.1. The van der Waals surface area contributed by atoms with Gasteiger partial charge in [0.15, 0.2) is 0 Å². The van der Waals surface area contributed by atoms with Crippen molar-refractivity contribution in [1.82, 2.24) is 24.8 Å². The van der Waals surface area contributed by atoms with Crippen molar-refractivity contribution in [3.8, 4) is 0 Å². The van der Waals surface area contributed by atoms with Crippen molar-refractivity contribution >= 4 is 0 Å². The third kappa shape index (κ3) is 2.86. The molecule has 1 aliphatic heterocycles. The lowest BCUT2D eigenvalue weighted by atomic mass is 9.95. The normalized spacial score (nSPS) is 20.1. The second-order valence-corrected chi connectivity index (χ2v) is 7.20. The van der Waals surface area contributed by atoms with Crippen molar-refractivity contribution in [2.45, 2.75) is 37.8 Å². The van der Waals surface area contributed by atoms with E-state index in [4.69, 9.17) is 4.98 Å². The van der Waals surface area contributed by atoms with E-state index in [2.05, 4.69) is 44.1 Å². The van der Waals surface area contributed by atoms with Gasteiger partial charge in [0.1, 0.15) is 5.82 Å². The fraction of sp³-hybridized carbons (Fsp3) is 0.350. The highest BCUT2D eigenvalue weighted by Gasteiger charge is 2.32. The van der Waals surface area contributed by atoms with Gasteiger partial charge in [0, 0.05) is 37.2 Å². The van der Waals surface area contributed by atoms with Crippen LogP contribution in [-0.4, -0.2) is 31.4 Å². The van der Waals surface area contributed by atoms with Gasteiger partial charge >= 0.3 is 0 Å². The lowest BCUT2D eigenvalue weighted by Crippen LogP contribution is -2.36. The molecule has 3 aromatic rings. The van der Waals surface area contributed by atoms with E-state index in [-0.39, 0.29) is 11.6 Å². The van der Waals surface area contributed by atoms with Crippen LogP contribution >= 0.6 is 0 Å². The largest absolute Gasteiger partial charge is 0.348 e. The molecule has 0 saturated heterocycles. The van der Waals surface area contributed by atoms with E-state index in [1.807, 2.05) is 6.07 Å². The van der Waals surface area contributed by atoms with Crippen molar-refractivity contribution in [3.63, 3.8) is 0 Å². The van der Waals surface area contributed by atoms with Gasteiger partial charge in [-0.05, 0) is 18.4 Å². The first-order chi connectivity index (χ1) is 12.8. The summed E-state index contributed by atoms with van der Waals surface area (Å²) in [5, 5.41) is 0. The first kappa shape index (κ1) is 15.5. The van der Waals surface area contributed by atoms with Crippen LogP contribution < -0.4 is 5.56 Å². The third-order valence-electron chi connectivity index (χ3n) is 5.28. The van der Waals surface area contributed by atoms with Crippen molar-refractivity contribution < 1.29 is 0 Å². The molecular formula is C20H21N5O. The summed E-state index contributed by atoms with van der Waals surface area (Å²) >= 11 is 0. The first-order valence-electron chi connectivity index (χ1n) is 9.19. The molecule has 26 heavy (non-hydrogen) atoms. The number of benzene rings is 1. The average molecular weight is 347 g/mol. The molecule has 0 bridgehead atoms. The quantitative estimate of drug-likeness (QED) is 0.760. The van der Waals surface area contributed by atoms with Gasteiger partial charge in [-0.25, -0.2) is 9.97 Å².